The van der Waals surface area contributed by atoms with Crippen LogP contribution < -0.4 is 0 Å². The minimum atomic E-state index is -0.171. The van der Waals surface area contributed by atoms with Crippen molar-refractivity contribution in [1.82, 2.24) is 0 Å². The highest BCUT2D eigenvalue weighted by atomic mass is 16.5. The van der Waals surface area contributed by atoms with Crippen LogP contribution in [0.5, 0.6) is 0 Å². The SMILES string of the molecule is CCCCCCC12CCC(O1)C(O)C2. The van der Waals surface area contributed by atoms with Gasteiger partial charge in [0.15, 0.2) is 0 Å². The zero-order valence-corrected chi connectivity index (χ0v) is 9.17. The Balaban J connectivity index is 1.74. The number of aliphatic hydroxyl groups excluding tert-OH is 1. The van der Waals surface area contributed by atoms with Crippen LogP contribution in [0.25, 0.3) is 0 Å². The number of ether oxygens (including phenoxy) is 1. The summed E-state index contributed by atoms with van der Waals surface area (Å²) in [7, 11) is 0. The molecule has 0 aromatic heterocycles. The standard InChI is InChI=1S/C12H22O2/c1-2-3-4-5-7-12-8-6-11(14-12)10(13)9-12/h10-11,13H,2-9H2,1H3. The summed E-state index contributed by atoms with van der Waals surface area (Å²) in [5.74, 6) is 0. The first-order chi connectivity index (χ1) is 6.76. The zero-order valence-electron chi connectivity index (χ0n) is 9.17. The first-order valence-corrected chi connectivity index (χ1v) is 6.12. The van der Waals surface area contributed by atoms with E-state index in [2.05, 4.69) is 6.92 Å². The van der Waals surface area contributed by atoms with Crippen molar-refractivity contribution in [3.8, 4) is 0 Å². The lowest BCUT2D eigenvalue weighted by atomic mass is 9.83. The van der Waals surface area contributed by atoms with Crippen LogP contribution in [0.2, 0.25) is 0 Å². The summed E-state index contributed by atoms with van der Waals surface area (Å²) < 4.78 is 5.90. The third-order valence-electron chi connectivity index (χ3n) is 3.78. The molecule has 82 valence electrons. The predicted octanol–water partition coefficient (Wildman–Crippen LogP) is 2.64. The summed E-state index contributed by atoms with van der Waals surface area (Å²) in [6, 6.07) is 0. The number of hydrogen-bond donors (Lipinski definition) is 1. The molecule has 14 heavy (non-hydrogen) atoms. The van der Waals surface area contributed by atoms with Gasteiger partial charge in [0.25, 0.3) is 0 Å². The molecular formula is C12H22O2. The molecular weight excluding hydrogens is 176 g/mol. The van der Waals surface area contributed by atoms with Gasteiger partial charge in [0, 0.05) is 6.42 Å². The maximum absolute atomic E-state index is 9.66. The number of fused-ring (bicyclic) bond motifs is 2. The normalized spacial score (nSPS) is 40.7. The average molecular weight is 198 g/mol. The van der Waals surface area contributed by atoms with E-state index in [0.717, 1.165) is 12.8 Å². The van der Waals surface area contributed by atoms with Crippen LogP contribution in [0.4, 0.5) is 0 Å². The van der Waals surface area contributed by atoms with Crippen molar-refractivity contribution in [2.75, 3.05) is 0 Å². The summed E-state index contributed by atoms with van der Waals surface area (Å²) in [5, 5.41) is 9.66. The molecule has 0 aromatic carbocycles. The van der Waals surface area contributed by atoms with E-state index in [9.17, 15) is 5.11 Å². The van der Waals surface area contributed by atoms with Gasteiger partial charge in [0.05, 0.1) is 17.8 Å². The van der Waals surface area contributed by atoms with Crippen LogP contribution in [-0.2, 0) is 4.74 Å². The Labute approximate surface area is 86.6 Å². The van der Waals surface area contributed by atoms with Crippen molar-refractivity contribution < 1.29 is 9.84 Å². The number of rotatable bonds is 5. The molecule has 2 fully saturated rings. The van der Waals surface area contributed by atoms with Crippen LogP contribution in [0.1, 0.15) is 58.3 Å². The van der Waals surface area contributed by atoms with Crippen LogP contribution in [-0.4, -0.2) is 22.9 Å². The fraction of sp³-hybridized carbons (Fsp3) is 1.00. The van der Waals surface area contributed by atoms with E-state index in [1.807, 2.05) is 0 Å². The largest absolute Gasteiger partial charge is 0.390 e. The second-order valence-corrected chi connectivity index (χ2v) is 4.96. The second kappa shape index (κ2) is 4.19. The average Bonchev–Trinajstić information content (AvgIpc) is 2.70. The van der Waals surface area contributed by atoms with Crippen LogP contribution in [0, 0.1) is 0 Å². The predicted molar refractivity (Wildman–Crippen MR) is 56.2 cm³/mol. The van der Waals surface area contributed by atoms with Gasteiger partial charge in [0.1, 0.15) is 0 Å². The maximum atomic E-state index is 9.66. The van der Waals surface area contributed by atoms with Crippen molar-refractivity contribution in [2.45, 2.75) is 76.1 Å². The van der Waals surface area contributed by atoms with Gasteiger partial charge in [-0.3, -0.25) is 0 Å². The zero-order chi connectivity index (χ0) is 10.0. The van der Waals surface area contributed by atoms with Crippen LogP contribution >= 0.6 is 0 Å². The summed E-state index contributed by atoms with van der Waals surface area (Å²) in [6.07, 6.45) is 9.54. The summed E-state index contributed by atoms with van der Waals surface area (Å²) in [6.45, 7) is 2.24. The van der Waals surface area contributed by atoms with Gasteiger partial charge in [0.2, 0.25) is 0 Å². The third-order valence-corrected chi connectivity index (χ3v) is 3.78. The van der Waals surface area contributed by atoms with Crippen molar-refractivity contribution in [2.24, 2.45) is 0 Å². The number of aliphatic hydroxyl groups is 1. The Morgan fingerprint density at radius 2 is 2.21 bits per heavy atom. The minimum absolute atomic E-state index is 0.0812. The van der Waals surface area contributed by atoms with Gasteiger partial charge in [-0.1, -0.05) is 32.6 Å². The molecule has 2 aliphatic heterocycles. The Hall–Kier alpha value is -0.0800. The molecule has 2 nitrogen and oxygen atoms in total. The van der Waals surface area contributed by atoms with E-state index < -0.39 is 0 Å². The molecule has 0 aromatic rings. The molecule has 1 N–H and O–H groups in total. The quantitative estimate of drug-likeness (QED) is 0.688. The summed E-state index contributed by atoms with van der Waals surface area (Å²) in [5.41, 5.74) is 0.0812. The molecule has 2 rings (SSSR count). The van der Waals surface area contributed by atoms with E-state index in [-0.39, 0.29) is 17.8 Å². The highest BCUT2D eigenvalue weighted by Gasteiger charge is 2.50. The van der Waals surface area contributed by atoms with E-state index >= 15 is 0 Å². The Morgan fingerprint density at radius 3 is 2.79 bits per heavy atom. The molecule has 2 aliphatic rings. The first-order valence-electron chi connectivity index (χ1n) is 6.12. The molecule has 2 heteroatoms. The van der Waals surface area contributed by atoms with Crippen molar-refractivity contribution in [3.05, 3.63) is 0 Å². The van der Waals surface area contributed by atoms with Gasteiger partial charge in [-0.2, -0.15) is 0 Å². The van der Waals surface area contributed by atoms with Crippen molar-refractivity contribution in [1.29, 1.82) is 0 Å². The lowest BCUT2D eigenvalue weighted by molar-refractivity contribution is -0.00390. The lowest BCUT2D eigenvalue weighted by Gasteiger charge is -2.25. The van der Waals surface area contributed by atoms with E-state index in [1.165, 1.54) is 38.5 Å². The molecule has 2 bridgehead atoms. The van der Waals surface area contributed by atoms with Gasteiger partial charge in [-0.15, -0.1) is 0 Å². The van der Waals surface area contributed by atoms with Gasteiger partial charge < -0.3 is 9.84 Å². The molecule has 0 spiro atoms. The Morgan fingerprint density at radius 1 is 1.36 bits per heavy atom. The monoisotopic (exact) mass is 198 g/mol. The fourth-order valence-corrected chi connectivity index (χ4v) is 2.94. The first kappa shape index (κ1) is 10.4. The van der Waals surface area contributed by atoms with Gasteiger partial charge in [-0.25, -0.2) is 0 Å². The van der Waals surface area contributed by atoms with E-state index in [0.29, 0.717) is 0 Å². The molecule has 2 heterocycles. The van der Waals surface area contributed by atoms with Crippen LogP contribution in [0.15, 0.2) is 0 Å². The Bertz CT molecular complexity index is 189. The molecule has 3 unspecified atom stereocenters. The Kier molecular flexibility index (Phi) is 3.13. The summed E-state index contributed by atoms with van der Waals surface area (Å²) >= 11 is 0. The molecule has 0 amide bonds. The van der Waals surface area contributed by atoms with Crippen molar-refractivity contribution >= 4 is 0 Å². The highest BCUT2D eigenvalue weighted by Crippen LogP contribution is 2.46. The maximum Gasteiger partial charge on any atom is 0.0843 e. The van der Waals surface area contributed by atoms with Gasteiger partial charge in [-0.05, 0) is 19.3 Å². The molecule has 3 atom stereocenters. The van der Waals surface area contributed by atoms with E-state index in [4.69, 9.17) is 4.74 Å². The third kappa shape index (κ3) is 1.96. The van der Waals surface area contributed by atoms with E-state index in [1.54, 1.807) is 0 Å². The second-order valence-electron chi connectivity index (χ2n) is 4.96. The topological polar surface area (TPSA) is 29.5 Å². The minimum Gasteiger partial charge on any atom is -0.390 e. The molecule has 0 aliphatic carbocycles. The highest BCUT2D eigenvalue weighted by molar-refractivity contribution is 5.00. The lowest BCUT2D eigenvalue weighted by Crippen LogP contribution is -2.28. The fourth-order valence-electron chi connectivity index (χ4n) is 2.94. The smallest absolute Gasteiger partial charge is 0.0843 e. The van der Waals surface area contributed by atoms with Crippen LogP contribution in [0.3, 0.4) is 0 Å². The molecule has 0 saturated carbocycles. The summed E-state index contributed by atoms with van der Waals surface area (Å²) in [4.78, 5) is 0. The number of hydrogen-bond acceptors (Lipinski definition) is 2. The molecule has 0 radical (unpaired) electrons. The molecule has 2 saturated heterocycles. The number of unbranched alkanes of at least 4 members (excludes halogenated alkanes) is 3. The van der Waals surface area contributed by atoms with Crippen molar-refractivity contribution in [3.63, 3.8) is 0 Å². The van der Waals surface area contributed by atoms with Gasteiger partial charge >= 0.3 is 0 Å².